The minimum Gasteiger partial charge on any atom is -0.550 e. The molecule has 0 aliphatic carbocycles. The number of carboxylic acids is 1. The molecule has 0 aliphatic rings. The first-order valence-electron chi connectivity index (χ1n) is 4.72. The summed E-state index contributed by atoms with van der Waals surface area (Å²) in [7, 11) is 0. The van der Waals surface area contributed by atoms with E-state index in [1.54, 1.807) is 24.3 Å². The van der Waals surface area contributed by atoms with Gasteiger partial charge in [-0.2, -0.15) is 0 Å². The topological polar surface area (TPSA) is 83.2 Å². The number of benzene rings is 1. The lowest BCUT2D eigenvalue weighted by molar-refractivity contribution is -0.306. The highest BCUT2D eigenvalue weighted by Gasteiger charge is 2.14. The van der Waals surface area contributed by atoms with Crippen LogP contribution in [-0.2, 0) is 9.59 Å². The van der Waals surface area contributed by atoms with Crippen LogP contribution in [0.5, 0.6) is 0 Å². The van der Waals surface area contributed by atoms with Crippen molar-refractivity contribution in [1.82, 2.24) is 0 Å². The maximum atomic E-state index is 10.8. The number of carbonyl (C=O) groups excluding carboxylic acids is 2. The van der Waals surface area contributed by atoms with Crippen LogP contribution in [0, 0.1) is 0 Å². The van der Waals surface area contributed by atoms with Gasteiger partial charge in [0.05, 0.1) is 0 Å². The van der Waals surface area contributed by atoms with E-state index >= 15 is 0 Å². The summed E-state index contributed by atoms with van der Waals surface area (Å²) in [5.74, 6) is -2.21. The highest BCUT2D eigenvalue weighted by Crippen LogP contribution is 2.24. The predicted molar refractivity (Wildman–Crippen MR) is 57.6 cm³/mol. The van der Waals surface area contributed by atoms with Gasteiger partial charge in [0.1, 0.15) is 0 Å². The largest absolute Gasteiger partial charge is 0.550 e. The summed E-state index contributed by atoms with van der Waals surface area (Å²) in [4.78, 5) is 21.4. The van der Waals surface area contributed by atoms with Gasteiger partial charge in [-0.3, -0.25) is 4.79 Å². The van der Waals surface area contributed by atoms with Crippen LogP contribution in [-0.4, -0.2) is 11.9 Å². The van der Waals surface area contributed by atoms with Crippen LogP contribution in [0.25, 0.3) is 0 Å². The SMILES string of the molecule is NC(=O)C[C@H](CC(=O)[O-])c1ccc(Cl)cc1. The molecule has 1 atom stereocenters. The van der Waals surface area contributed by atoms with E-state index < -0.39 is 17.8 Å². The van der Waals surface area contributed by atoms with Gasteiger partial charge in [0.25, 0.3) is 0 Å². The van der Waals surface area contributed by atoms with Crippen LogP contribution in [0.2, 0.25) is 5.02 Å². The molecule has 16 heavy (non-hydrogen) atoms. The fourth-order valence-electron chi connectivity index (χ4n) is 1.49. The van der Waals surface area contributed by atoms with Crippen molar-refractivity contribution in [2.24, 2.45) is 5.73 Å². The zero-order valence-corrected chi connectivity index (χ0v) is 9.24. The first-order chi connectivity index (χ1) is 7.49. The highest BCUT2D eigenvalue weighted by molar-refractivity contribution is 6.30. The van der Waals surface area contributed by atoms with Gasteiger partial charge in [0.15, 0.2) is 0 Å². The Balaban J connectivity index is 2.86. The molecule has 0 bridgehead atoms. The molecule has 0 saturated heterocycles. The van der Waals surface area contributed by atoms with Gasteiger partial charge >= 0.3 is 0 Å². The summed E-state index contributed by atoms with van der Waals surface area (Å²) < 4.78 is 0. The van der Waals surface area contributed by atoms with Crippen molar-refractivity contribution >= 4 is 23.5 Å². The number of hydrogen-bond acceptors (Lipinski definition) is 3. The van der Waals surface area contributed by atoms with E-state index in [1.807, 2.05) is 0 Å². The molecule has 0 aromatic heterocycles. The van der Waals surface area contributed by atoms with E-state index in [9.17, 15) is 14.7 Å². The Hall–Kier alpha value is -1.55. The minimum atomic E-state index is -1.21. The van der Waals surface area contributed by atoms with Gasteiger partial charge in [-0.1, -0.05) is 23.7 Å². The van der Waals surface area contributed by atoms with Crippen molar-refractivity contribution < 1.29 is 14.7 Å². The second-order valence-corrected chi connectivity index (χ2v) is 3.93. The van der Waals surface area contributed by atoms with Crippen LogP contribution in [0.1, 0.15) is 24.3 Å². The molecule has 0 radical (unpaired) electrons. The van der Waals surface area contributed by atoms with E-state index in [0.717, 1.165) is 0 Å². The molecular weight excluding hydrogens is 230 g/mol. The normalized spacial score (nSPS) is 12.1. The van der Waals surface area contributed by atoms with E-state index in [0.29, 0.717) is 10.6 Å². The number of aliphatic carboxylic acids is 1. The number of hydrogen-bond donors (Lipinski definition) is 1. The maximum absolute atomic E-state index is 10.8. The van der Waals surface area contributed by atoms with Gasteiger partial charge in [0.2, 0.25) is 5.91 Å². The van der Waals surface area contributed by atoms with Crippen molar-refractivity contribution in [3.63, 3.8) is 0 Å². The third-order valence-corrected chi connectivity index (χ3v) is 2.45. The standard InChI is InChI=1S/C11H12ClNO3/c12-9-3-1-7(2-4-9)8(5-10(13)14)6-11(15)16/h1-4,8H,5-6H2,(H2,13,14)(H,15,16)/p-1/t8-/m1/s1. The van der Waals surface area contributed by atoms with Gasteiger partial charge in [0, 0.05) is 17.4 Å². The Kier molecular flexibility index (Phi) is 4.31. The predicted octanol–water partition coefficient (Wildman–Crippen LogP) is 0.439. The number of primary amides is 1. The molecule has 0 unspecified atom stereocenters. The molecule has 5 heteroatoms. The summed E-state index contributed by atoms with van der Waals surface area (Å²) >= 11 is 5.71. The summed E-state index contributed by atoms with van der Waals surface area (Å²) in [6, 6.07) is 6.64. The number of rotatable bonds is 5. The Bertz CT molecular complexity index is 373. The number of amides is 1. The van der Waals surface area contributed by atoms with Crippen molar-refractivity contribution in [3.05, 3.63) is 34.9 Å². The zero-order chi connectivity index (χ0) is 12.1. The number of carbonyl (C=O) groups is 2. The van der Waals surface area contributed by atoms with E-state index in [-0.39, 0.29) is 12.8 Å². The first kappa shape index (κ1) is 12.5. The van der Waals surface area contributed by atoms with E-state index in [1.165, 1.54) is 0 Å². The second-order valence-electron chi connectivity index (χ2n) is 3.50. The molecule has 0 aliphatic heterocycles. The fraction of sp³-hybridized carbons (Fsp3) is 0.273. The van der Waals surface area contributed by atoms with Crippen LogP contribution < -0.4 is 10.8 Å². The van der Waals surface area contributed by atoms with Gasteiger partial charge in [-0.05, 0) is 30.0 Å². The molecule has 1 aromatic rings. The highest BCUT2D eigenvalue weighted by atomic mass is 35.5. The summed E-state index contributed by atoms with van der Waals surface area (Å²) in [6.45, 7) is 0. The van der Waals surface area contributed by atoms with Crippen molar-refractivity contribution in [1.29, 1.82) is 0 Å². The Morgan fingerprint density at radius 3 is 2.25 bits per heavy atom. The third kappa shape index (κ3) is 3.90. The molecule has 1 aromatic carbocycles. The molecule has 0 saturated carbocycles. The van der Waals surface area contributed by atoms with Gasteiger partial charge in [-0.15, -0.1) is 0 Å². The summed E-state index contributed by atoms with van der Waals surface area (Å²) in [5.41, 5.74) is 5.77. The molecule has 2 N–H and O–H groups in total. The average molecular weight is 241 g/mol. The number of carboxylic acid groups (broad SMARTS) is 1. The zero-order valence-electron chi connectivity index (χ0n) is 8.48. The molecule has 0 fully saturated rings. The third-order valence-electron chi connectivity index (χ3n) is 2.20. The molecule has 1 amide bonds. The Morgan fingerprint density at radius 2 is 1.81 bits per heavy atom. The molecule has 86 valence electrons. The second kappa shape index (κ2) is 5.51. The molecule has 1 rings (SSSR count). The maximum Gasteiger partial charge on any atom is 0.218 e. The lowest BCUT2D eigenvalue weighted by Crippen LogP contribution is -2.26. The smallest absolute Gasteiger partial charge is 0.218 e. The lowest BCUT2D eigenvalue weighted by atomic mass is 9.92. The van der Waals surface area contributed by atoms with Crippen LogP contribution in [0.3, 0.4) is 0 Å². The molecule has 0 heterocycles. The quantitative estimate of drug-likeness (QED) is 0.811. The molecule has 4 nitrogen and oxygen atoms in total. The monoisotopic (exact) mass is 240 g/mol. The first-order valence-corrected chi connectivity index (χ1v) is 5.10. The average Bonchev–Trinajstić information content (AvgIpc) is 2.16. The lowest BCUT2D eigenvalue weighted by Gasteiger charge is -2.16. The Labute approximate surface area is 98.0 Å². The minimum absolute atomic E-state index is 0.0182. The Morgan fingerprint density at radius 1 is 1.25 bits per heavy atom. The van der Waals surface area contributed by atoms with Crippen molar-refractivity contribution in [3.8, 4) is 0 Å². The summed E-state index contributed by atoms with van der Waals surface area (Å²) in [6.07, 6.45) is -0.250. The van der Waals surface area contributed by atoms with E-state index in [2.05, 4.69) is 0 Å². The number of halogens is 1. The van der Waals surface area contributed by atoms with Crippen LogP contribution in [0.15, 0.2) is 24.3 Å². The van der Waals surface area contributed by atoms with Gasteiger partial charge < -0.3 is 15.6 Å². The number of nitrogens with two attached hydrogens (primary N) is 1. The van der Waals surface area contributed by atoms with E-state index in [4.69, 9.17) is 17.3 Å². The van der Waals surface area contributed by atoms with Crippen LogP contribution in [0.4, 0.5) is 0 Å². The molecular formula is C11H11ClNO3-. The summed E-state index contributed by atoms with van der Waals surface area (Å²) in [5, 5.41) is 11.1. The van der Waals surface area contributed by atoms with Crippen LogP contribution >= 0.6 is 11.6 Å². The van der Waals surface area contributed by atoms with Crippen molar-refractivity contribution in [2.75, 3.05) is 0 Å². The van der Waals surface area contributed by atoms with Crippen molar-refractivity contribution in [2.45, 2.75) is 18.8 Å². The van der Waals surface area contributed by atoms with Gasteiger partial charge in [-0.25, -0.2) is 0 Å². The fourth-order valence-corrected chi connectivity index (χ4v) is 1.61. The molecule has 0 spiro atoms.